The summed E-state index contributed by atoms with van der Waals surface area (Å²) >= 11 is 0. The van der Waals surface area contributed by atoms with Crippen molar-refractivity contribution in [1.82, 2.24) is 9.47 Å². The van der Waals surface area contributed by atoms with Gasteiger partial charge in [0.15, 0.2) is 0 Å². The van der Waals surface area contributed by atoms with Gasteiger partial charge in [0.1, 0.15) is 17.0 Å². The Kier molecular flexibility index (Phi) is 6.71. The maximum Gasteiger partial charge on any atom is 0.342 e. The zero-order valence-electron chi connectivity index (χ0n) is 17.1. The molecule has 1 aromatic heterocycles. The van der Waals surface area contributed by atoms with Gasteiger partial charge in [0.05, 0.1) is 18.6 Å². The molecule has 160 valence electrons. The quantitative estimate of drug-likeness (QED) is 0.391. The largest absolute Gasteiger partial charge is 0.496 e. The van der Waals surface area contributed by atoms with Gasteiger partial charge in [-0.05, 0) is 37.5 Å². The van der Waals surface area contributed by atoms with Crippen molar-refractivity contribution in [1.29, 1.82) is 0 Å². The fourth-order valence-corrected chi connectivity index (χ4v) is 3.73. The summed E-state index contributed by atoms with van der Waals surface area (Å²) in [6.45, 7) is 0.771. The summed E-state index contributed by atoms with van der Waals surface area (Å²) in [6.07, 6.45) is 5.12. The van der Waals surface area contributed by atoms with Crippen LogP contribution >= 0.6 is 0 Å². The average molecular weight is 415 g/mol. The molecule has 1 fully saturated rings. The van der Waals surface area contributed by atoms with E-state index in [0.29, 0.717) is 18.7 Å². The molecule has 0 aliphatic carbocycles. The van der Waals surface area contributed by atoms with Crippen LogP contribution in [0.5, 0.6) is 5.75 Å². The Morgan fingerprint density at radius 1 is 1.27 bits per heavy atom. The lowest BCUT2D eigenvalue weighted by Gasteiger charge is -2.35. The highest BCUT2D eigenvalue weighted by atomic mass is 16.6. The summed E-state index contributed by atoms with van der Waals surface area (Å²) in [4.78, 5) is 37.7. The highest BCUT2D eigenvalue weighted by Gasteiger charge is 2.29. The number of methoxy groups -OCH3 is 1. The molecular weight excluding hydrogens is 390 g/mol. The van der Waals surface area contributed by atoms with Gasteiger partial charge in [-0.1, -0.05) is 0 Å². The molecule has 1 amide bonds. The first-order valence-corrected chi connectivity index (χ1v) is 9.84. The maximum atomic E-state index is 12.9. The number of amides is 1. The molecule has 1 aromatic carbocycles. The molecule has 9 nitrogen and oxygen atoms in total. The first-order chi connectivity index (χ1) is 14.4. The minimum atomic E-state index is -0.688. The number of hydrogen-bond acceptors (Lipinski definition) is 6. The molecule has 2 aromatic rings. The minimum absolute atomic E-state index is 0.00656. The van der Waals surface area contributed by atoms with E-state index in [0.717, 1.165) is 25.3 Å². The first-order valence-electron chi connectivity index (χ1n) is 9.84. The van der Waals surface area contributed by atoms with Crippen LogP contribution in [0.3, 0.4) is 0 Å². The van der Waals surface area contributed by atoms with Crippen LogP contribution < -0.4 is 4.74 Å². The number of carbonyl (C=O) groups is 2. The second kappa shape index (κ2) is 9.43. The number of aryl methyl sites for hydroxylation is 1. The molecule has 0 spiro atoms. The third-order valence-corrected chi connectivity index (χ3v) is 5.35. The Morgan fingerprint density at radius 3 is 2.73 bits per heavy atom. The Balaban J connectivity index is 1.64. The van der Waals surface area contributed by atoms with Crippen molar-refractivity contribution in [3.8, 4) is 5.75 Å². The second-order valence-electron chi connectivity index (χ2n) is 7.22. The van der Waals surface area contributed by atoms with Gasteiger partial charge >= 0.3 is 5.97 Å². The average Bonchev–Trinajstić information content (AvgIpc) is 3.18. The Labute approximate surface area is 174 Å². The standard InChI is InChI=1S/C21H25N3O6/c1-22-11-5-7-18(22)20(25)23-12-4-3-6-15(23)10-13-30-21(26)17-14-16(24(27)28)8-9-19(17)29-2/h5,7-9,11,14-15H,3-4,6,10,12-13H2,1-2H3. The number of nitrogens with zero attached hydrogens (tertiary/aromatic N) is 3. The van der Waals surface area contributed by atoms with E-state index < -0.39 is 10.9 Å². The number of benzene rings is 1. The van der Waals surface area contributed by atoms with Crippen molar-refractivity contribution in [3.05, 3.63) is 57.9 Å². The lowest BCUT2D eigenvalue weighted by molar-refractivity contribution is -0.384. The lowest BCUT2D eigenvalue weighted by atomic mass is 9.99. The van der Waals surface area contributed by atoms with E-state index in [1.807, 2.05) is 24.2 Å². The van der Waals surface area contributed by atoms with Gasteiger partial charge in [-0.15, -0.1) is 0 Å². The van der Waals surface area contributed by atoms with E-state index in [1.54, 1.807) is 10.6 Å². The highest BCUT2D eigenvalue weighted by Crippen LogP contribution is 2.26. The van der Waals surface area contributed by atoms with Gasteiger partial charge in [-0.3, -0.25) is 14.9 Å². The zero-order chi connectivity index (χ0) is 21.7. The molecule has 0 radical (unpaired) electrons. The van der Waals surface area contributed by atoms with Crippen molar-refractivity contribution in [2.75, 3.05) is 20.3 Å². The molecular formula is C21H25N3O6. The molecule has 1 aliphatic heterocycles. The van der Waals surface area contributed by atoms with Crippen LogP contribution in [0.25, 0.3) is 0 Å². The molecule has 3 rings (SSSR count). The fourth-order valence-electron chi connectivity index (χ4n) is 3.73. The van der Waals surface area contributed by atoms with E-state index in [9.17, 15) is 19.7 Å². The second-order valence-corrected chi connectivity index (χ2v) is 7.22. The molecule has 0 bridgehead atoms. The van der Waals surface area contributed by atoms with Crippen molar-refractivity contribution < 1.29 is 24.0 Å². The smallest absolute Gasteiger partial charge is 0.342 e. The number of likely N-dealkylation sites (tertiary alicyclic amines) is 1. The number of aromatic nitrogens is 1. The van der Waals surface area contributed by atoms with Crippen LogP contribution in [0.2, 0.25) is 0 Å². The third kappa shape index (κ3) is 4.61. The van der Waals surface area contributed by atoms with Gasteiger partial charge in [-0.2, -0.15) is 0 Å². The van der Waals surface area contributed by atoms with Gasteiger partial charge in [0.25, 0.3) is 11.6 Å². The summed E-state index contributed by atoms with van der Waals surface area (Å²) in [7, 11) is 3.22. The SMILES string of the molecule is COc1ccc([N+](=O)[O-])cc1C(=O)OCCC1CCCCN1C(=O)c1cccn1C. The van der Waals surface area contributed by atoms with Crippen LogP contribution in [0.1, 0.15) is 46.5 Å². The molecule has 1 aliphatic rings. The van der Waals surface area contributed by atoms with Crippen molar-refractivity contribution >= 4 is 17.6 Å². The van der Waals surface area contributed by atoms with E-state index >= 15 is 0 Å². The van der Waals surface area contributed by atoms with E-state index in [2.05, 4.69) is 0 Å². The van der Waals surface area contributed by atoms with Crippen molar-refractivity contribution in [3.63, 3.8) is 0 Å². The van der Waals surface area contributed by atoms with Crippen molar-refractivity contribution in [2.45, 2.75) is 31.7 Å². The fraction of sp³-hybridized carbons (Fsp3) is 0.429. The minimum Gasteiger partial charge on any atom is -0.496 e. The Hall–Kier alpha value is -3.36. The number of esters is 1. The van der Waals surface area contributed by atoms with E-state index in [1.165, 1.54) is 19.2 Å². The van der Waals surface area contributed by atoms with Crippen LogP contribution in [-0.2, 0) is 11.8 Å². The summed E-state index contributed by atoms with van der Waals surface area (Å²) in [5.41, 5.74) is 0.418. The maximum absolute atomic E-state index is 12.9. The highest BCUT2D eigenvalue weighted by molar-refractivity contribution is 5.94. The van der Waals surface area contributed by atoms with E-state index in [-0.39, 0.29) is 35.6 Å². The Bertz CT molecular complexity index is 939. The van der Waals surface area contributed by atoms with Crippen LogP contribution in [0, 0.1) is 10.1 Å². The van der Waals surface area contributed by atoms with Crippen LogP contribution in [-0.4, -0.2) is 52.6 Å². The number of hydrogen-bond donors (Lipinski definition) is 0. The number of rotatable bonds is 7. The number of nitro benzene ring substituents is 1. The van der Waals surface area contributed by atoms with Crippen LogP contribution in [0.4, 0.5) is 5.69 Å². The van der Waals surface area contributed by atoms with Gasteiger partial charge in [0, 0.05) is 44.4 Å². The summed E-state index contributed by atoms with van der Waals surface area (Å²) in [5, 5.41) is 11.0. The molecule has 1 atom stereocenters. The van der Waals surface area contributed by atoms with Gasteiger partial charge in [-0.25, -0.2) is 4.79 Å². The Morgan fingerprint density at radius 2 is 2.07 bits per heavy atom. The molecule has 30 heavy (non-hydrogen) atoms. The number of ether oxygens (including phenoxy) is 2. The summed E-state index contributed by atoms with van der Waals surface area (Å²) < 4.78 is 12.3. The van der Waals surface area contributed by atoms with Gasteiger partial charge in [0.2, 0.25) is 0 Å². The molecule has 0 N–H and O–H groups in total. The zero-order valence-corrected chi connectivity index (χ0v) is 17.1. The summed E-state index contributed by atoms with van der Waals surface area (Å²) in [5.74, 6) is -0.505. The number of carbonyl (C=O) groups excluding carboxylic acids is 2. The van der Waals surface area contributed by atoms with Crippen molar-refractivity contribution in [2.24, 2.45) is 7.05 Å². The molecule has 0 saturated carbocycles. The normalized spacial score (nSPS) is 16.2. The first kappa shape index (κ1) is 21.4. The van der Waals surface area contributed by atoms with Crippen LogP contribution in [0.15, 0.2) is 36.5 Å². The lowest BCUT2D eigenvalue weighted by Crippen LogP contribution is -2.44. The summed E-state index contributed by atoms with van der Waals surface area (Å²) in [6, 6.07) is 7.39. The third-order valence-electron chi connectivity index (χ3n) is 5.35. The molecule has 2 heterocycles. The van der Waals surface area contributed by atoms with Gasteiger partial charge < -0.3 is 18.9 Å². The topological polar surface area (TPSA) is 104 Å². The number of piperidine rings is 1. The number of non-ortho nitro benzene ring substituents is 1. The molecule has 1 unspecified atom stereocenters. The molecule has 9 heteroatoms. The van der Waals surface area contributed by atoms with E-state index in [4.69, 9.17) is 9.47 Å². The molecule has 1 saturated heterocycles. The predicted octanol–water partition coefficient (Wildman–Crippen LogP) is 3.18. The predicted molar refractivity (Wildman–Crippen MR) is 109 cm³/mol. The number of nitro groups is 1. The monoisotopic (exact) mass is 415 g/mol.